The summed E-state index contributed by atoms with van der Waals surface area (Å²) in [5.41, 5.74) is 3.47. The second-order valence-corrected chi connectivity index (χ2v) is 6.79. The maximum absolute atomic E-state index is 12.3. The molecule has 0 saturated carbocycles. The highest BCUT2D eigenvalue weighted by molar-refractivity contribution is 6.31. The quantitative estimate of drug-likeness (QED) is 0.779. The Morgan fingerprint density at radius 3 is 2.54 bits per heavy atom. The molecule has 0 aliphatic heterocycles. The fourth-order valence-corrected chi connectivity index (χ4v) is 2.59. The summed E-state index contributed by atoms with van der Waals surface area (Å²) in [4.78, 5) is 12.3. The van der Waals surface area contributed by atoms with E-state index in [1.165, 1.54) is 0 Å². The Kier molecular flexibility index (Phi) is 5.68. The first-order chi connectivity index (χ1) is 11.3. The summed E-state index contributed by atoms with van der Waals surface area (Å²) in [6, 6.07) is 15.3. The molecule has 0 aliphatic rings. The van der Waals surface area contributed by atoms with Gasteiger partial charge in [0.25, 0.3) is 0 Å². The van der Waals surface area contributed by atoms with E-state index in [0.717, 1.165) is 22.3 Å². The number of amides is 2. The molecular formula is C20H23ClN2O. The second kappa shape index (κ2) is 7.54. The number of carbonyl (C=O) groups excluding carboxylic acids is 1. The zero-order chi connectivity index (χ0) is 17.7. The Hall–Kier alpha value is -2.26. The van der Waals surface area contributed by atoms with Crippen LogP contribution in [0.3, 0.4) is 0 Å². The van der Waals surface area contributed by atoms with Gasteiger partial charge in [0.1, 0.15) is 0 Å². The van der Waals surface area contributed by atoms with E-state index in [9.17, 15) is 4.79 Å². The molecule has 2 aromatic rings. The lowest BCUT2D eigenvalue weighted by atomic mass is 9.92. The van der Waals surface area contributed by atoms with Gasteiger partial charge in [-0.25, -0.2) is 4.79 Å². The summed E-state index contributed by atoms with van der Waals surface area (Å²) >= 11 is 6.10. The molecule has 2 rings (SSSR count). The predicted molar refractivity (Wildman–Crippen MR) is 101 cm³/mol. The minimum Gasteiger partial charge on any atom is -0.334 e. The van der Waals surface area contributed by atoms with Crippen molar-refractivity contribution in [3.05, 3.63) is 76.8 Å². The third kappa shape index (κ3) is 4.62. The van der Waals surface area contributed by atoms with Crippen LogP contribution >= 0.6 is 11.6 Å². The zero-order valence-electron chi connectivity index (χ0n) is 14.3. The van der Waals surface area contributed by atoms with Crippen molar-refractivity contribution in [3.8, 4) is 0 Å². The van der Waals surface area contributed by atoms with Crippen LogP contribution in [-0.2, 0) is 12.1 Å². The van der Waals surface area contributed by atoms with Gasteiger partial charge < -0.3 is 10.6 Å². The largest absolute Gasteiger partial charge is 0.334 e. The van der Waals surface area contributed by atoms with Gasteiger partial charge in [-0.3, -0.25) is 0 Å². The summed E-state index contributed by atoms with van der Waals surface area (Å²) in [6.07, 6.45) is 0. The number of halogens is 1. The highest BCUT2D eigenvalue weighted by Gasteiger charge is 2.23. The molecule has 24 heavy (non-hydrogen) atoms. The molecule has 3 nitrogen and oxygen atoms in total. The smallest absolute Gasteiger partial charge is 0.315 e. The van der Waals surface area contributed by atoms with Crippen molar-refractivity contribution >= 4 is 23.2 Å². The summed E-state index contributed by atoms with van der Waals surface area (Å²) in [6.45, 7) is 10.3. The van der Waals surface area contributed by atoms with E-state index in [1.807, 2.05) is 63.2 Å². The SMILES string of the molecule is C=C(C)c1cccc(C(C)(C)NC(=O)NCc2ccccc2Cl)c1. The first kappa shape index (κ1) is 18.1. The number of carbonyl (C=O) groups is 1. The topological polar surface area (TPSA) is 41.1 Å². The lowest BCUT2D eigenvalue weighted by molar-refractivity contribution is 0.229. The Labute approximate surface area is 148 Å². The lowest BCUT2D eigenvalue weighted by Crippen LogP contribution is -2.46. The van der Waals surface area contributed by atoms with Crippen LogP contribution in [0.5, 0.6) is 0 Å². The van der Waals surface area contributed by atoms with Crippen molar-refractivity contribution in [2.24, 2.45) is 0 Å². The van der Waals surface area contributed by atoms with Gasteiger partial charge >= 0.3 is 6.03 Å². The Bertz CT molecular complexity index is 753. The van der Waals surface area contributed by atoms with E-state index in [1.54, 1.807) is 0 Å². The van der Waals surface area contributed by atoms with Crippen LogP contribution in [0.15, 0.2) is 55.1 Å². The number of hydrogen-bond acceptors (Lipinski definition) is 1. The average Bonchev–Trinajstić information content (AvgIpc) is 2.54. The van der Waals surface area contributed by atoms with E-state index in [-0.39, 0.29) is 6.03 Å². The molecule has 0 heterocycles. The number of allylic oxidation sites excluding steroid dienone is 1. The van der Waals surface area contributed by atoms with Crippen molar-refractivity contribution in [2.45, 2.75) is 32.9 Å². The van der Waals surface area contributed by atoms with Crippen LogP contribution < -0.4 is 10.6 Å². The van der Waals surface area contributed by atoms with Crippen LogP contribution in [0.2, 0.25) is 5.02 Å². The monoisotopic (exact) mass is 342 g/mol. The molecule has 0 fully saturated rings. The van der Waals surface area contributed by atoms with Crippen LogP contribution in [0.1, 0.15) is 37.5 Å². The van der Waals surface area contributed by atoms with Gasteiger partial charge in [0, 0.05) is 11.6 Å². The molecule has 0 aliphatic carbocycles. The Morgan fingerprint density at radius 2 is 1.88 bits per heavy atom. The molecule has 2 N–H and O–H groups in total. The first-order valence-electron chi connectivity index (χ1n) is 7.85. The molecule has 0 saturated heterocycles. The molecular weight excluding hydrogens is 320 g/mol. The van der Waals surface area contributed by atoms with Crippen LogP contribution in [0, 0.1) is 0 Å². The van der Waals surface area contributed by atoms with E-state index in [4.69, 9.17) is 11.6 Å². The Morgan fingerprint density at radius 1 is 1.17 bits per heavy atom. The maximum atomic E-state index is 12.3. The number of urea groups is 1. The van der Waals surface area contributed by atoms with Crippen LogP contribution in [0.25, 0.3) is 5.57 Å². The highest BCUT2D eigenvalue weighted by Crippen LogP contribution is 2.23. The van der Waals surface area contributed by atoms with Crippen molar-refractivity contribution in [3.63, 3.8) is 0 Å². The predicted octanol–water partition coefficient (Wildman–Crippen LogP) is 5.11. The molecule has 4 heteroatoms. The Balaban J connectivity index is 2.03. The molecule has 2 aromatic carbocycles. The van der Waals surface area contributed by atoms with E-state index >= 15 is 0 Å². The molecule has 2 amide bonds. The van der Waals surface area contributed by atoms with Gasteiger partial charge in [-0.1, -0.05) is 60.2 Å². The molecule has 0 unspecified atom stereocenters. The minimum atomic E-state index is -0.504. The summed E-state index contributed by atoms with van der Waals surface area (Å²) in [7, 11) is 0. The van der Waals surface area contributed by atoms with Crippen molar-refractivity contribution in [2.75, 3.05) is 0 Å². The van der Waals surface area contributed by atoms with Gasteiger partial charge in [0.2, 0.25) is 0 Å². The molecule has 0 spiro atoms. The van der Waals surface area contributed by atoms with Gasteiger partial charge in [-0.15, -0.1) is 0 Å². The zero-order valence-corrected chi connectivity index (χ0v) is 15.1. The molecule has 0 aromatic heterocycles. The maximum Gasteiger partial charge on any atom is 0.315 e. The van der Waals surface area contributed by atoms with Gasteiger partial charge in [0.05, 0.1) is 5.54 Å². The molecule has 0 atom stereocenters. The van der Waals surface area contributed by atoms with Crippen molar-refractivity contribution in [1.82, 2.24) is 10.6 Å². The molecule has 126 valence electrons. The first-order valence-corrected chi connectivity index (χ1v) is 8.23. The van der Waals surface area contributed by atoms with E-state index < -0.39 is 5.54 Å². The van der Waals surface area contributed by atoms with Gasteiger partial charge in [-0.05, 0) is 49.6 Å². The standard InChI is InChI=1S/C20H23ClN2O/c1-14(2)15-9-7-10-17(12-15)20(3,4)23-19(24)22-13-16-8-5-6-11-18(16)21/h5-12H,1,13H2,2-4H3,(H2,22,23,24). The molecule has 0 bridgehead atoms. The number of nitrogens with one attached hydrogen (secondary N) is 2. The number of hydrogen-bond donors (Lipinski definition) is 2. The average molecular weight is 343 g/mol. The highest BCUT2D eigenvalue weighted by atomic mass is 35.5. The number of rotatable bonds is 5. The fourth-order valence-electron chi connectivity index (χ4n) is 2.39. The second-order valence-electron chi connectivity index (χ2n) is 6.39. The summed E-state index contributed by atoms with van der Waals surface area (Å²) in [5.74, 6) is 0. The fraction of sp³-hybridized carbons (Fsp3) is 0.250. The van der Waals surface area contributed by atoms with Crippen molar-refractivity contribution < 1.29 is 4.79 Å². The minimum absolute atomic E-state index is 0.236. The van der Waals surface area contributed by atoms with Crippen molar-refractivity contribution in [1.29, 1.82) is 0 Å². The van der Waals surface area contributed by atoms with Crippen LogP contribution in [-0.4, -0.2) is 6.03 Å². The third-order valence-electron chi connectivity index (χ3n) is 3.90. The van der Waals surface area contributed by atoms with Gasteiger partial charge in [0.15, 0.2) is 0 Å². The lowest BCUT2D eigenvalue weighted by Gasteiger charge is -2.27. The number of benzene rings is 2. The molecule has 0 radical (unpaired) electrons. The van der Waals surface area contributed by atoms with Crippen LogP contribution in [0.4, 0.5) is 4.79 Å². The van der Waals surface area contributed by atoms with E-state index in [0.29, 0.717) is 11.6 Å². The normalized spacial score (nSPS) is 11.0. The van der Waals surface area contributed by atoms with Gasteiger partial charge in [-0.2, -0.15) is 0 Å². The summed E-state index contributed by atoms with van der Waals surface area (Å²) in [5, 5.41) is 6.50. The third-order valence-corrected chi connectivity index (χ3v) is 4.27. The summed E-state index contributed by atoms with van der Waals surface area (Å²) < 4.78 is 0. The van der Waals surface area contributed by atoms with E-state index in [2.05, 4.69) is 23.3 Å².